The molecule has 0 amide bonds. The van der Waals surface area contributed by atoms with Crippen LogP contribution in [-0.2, 0) is 11.8 Å². The predicted octanol–water partition coefficient (Wildman–Crippen LogP) is 4.69. The highest BCUT2D eigenvalue weighted by Crippen LogP contribution is 2.40. The Morgan fingerprint density at radius 2 is 1.24 bits per heavy atom. The maximum atomic E-state index is 9.72. The van der Waals surface area contributed by atoms with Crippen LogP contribution in [0.25, 0.3) is 0 Å². The summed E-state index contributed by atoms with van der Waals surface area (Å²) < 4.78 is 0. The van der Waals surface area contributed by atoms with Gasteiger partial charge >= 0.3 is 0 Å². The molecule has 2 heteroatoms. The second-order valence-corrected chi connectivity index (χ2v) is 6.48. The summed E-state index contributed by atoms with van der Waals surface area (Å²) in [5.74, 6) is 0.271. The first-order valence-corrected chi connectivity index (χ1v) is 8.74. The van der Waals surface area contributed by atoms with E-state index in [0.717, 1.165) is 24.8 Å². The number of phenolic OH excluding ortho intramolecular Hbond substituents is 1. The van der Waals surface area contributed by atoms with Crippen LogP contribution in [0.5, 0.6) is 5.75 Å². The van der Waals surface area contributed by atoms with Crippen molar-refractivity contribution in [2.75, 3.05) is 6.61 Å². The van der Waals surface area contributed by atoms with Gasteiger partial charge in [0.1, 0.15) is 5.75 Å². The molecular formula is C23H24O2. The lowest BCUT2D eigenvalue weighted by Crippen LogP contribution is -2.31. The number of phenols is 1. The summed E-state index contributed by atoms with van der Waals surface area (Å²) in [5, 5.41) is 19.2. The normalized spacial score (nSPS) is 13.3. The number of aliphatic hydroxyl groups excluding tert-OH is 1. The molecule has 0 heterocycles. The molecule has 2 N–H and O–H groups in total. The molecule has 0 aliphatic heterocycles. The molecule has 3 rings (SSSR count). The van der Waals surface area contributed by atoms with Gasteiger partial charge in [-0.3, -0.25) is 0 Å². The van der Waals surface area contributed by atoms with E-state index in [1.54, 1.807) is 12.1 Å². The highest BCUT2D eigenvalue weighted by atomic mass is 16.3. The van der Waals surface area contributed by atoms with E-state index in [2.05, 4.69) is 48.5 Å². The van der Waals surface area contributed by atoms with Gasteiger partial charge in [-0.1, -0.05) is 72.8 Å². The zero-order valence-corrected chi connectivity index (χ0v) is 14.3. The molecule has 0 fully saturated rings. The first-order chi connectivity index (χ1) is 12.2. The van der Waals surface area contributed by atoms with Gasteiger partial charge < -0.3 is 10.2 Å². The molecule has 0 radical (unpaired) electrons. The molecule has 0 aliphatic carbocycles. The largest absolute Gasteiger partial charge is 0.508 e. The van der Waals surface area contributed by atoms with Crippen LogP contribution in [0.3, 0.4) is 0 Å². The minimum atomic E-state index is -0.237. The van der Waals surface area contributed by atoms with E-state index in [1.807, 2.05) is 24.3 Å². The summed E-state index contributed by atoms with van der Waals surface area (Å²) in [7, 11) is 0. The van der Waals surface area contributed by atoms with Crippen LogP contribution in [0.1, 0.15) is 29.5 Å². The first kappa shape index (κ1) is 17.2. The minimum absolute atomic E-state index is 0.168. The number of hydrogen-bond donors (Lipinski definition) is 2. The third kappa shape index (κ3) is 3.92. The first-order valence-electron chi connectivity index (χ1n) is 8.74. The van der Waals surface area contributed by atoms with Gasteiger partial charge in [-0.05, 0) is 48.1 Å². The molecule has 0 bridgehead atoms. The molecule has 0 saturated heterocycles. The van der Waals surface area contributed by atoms with Gasteiger partial charge in [0.05, 0.1) is 0 Å². The van der Waals surface area contributed by atoms with Crippen molar-refractivity contribution in [3.05, 3.63) is 102 Å². The predicted molar refractivity (Wildman–Crippen MR) is 102 cm³/mol. The van der Waals surface area contributed by atoms with Crippen molar-refractivity contribution in [3.63, 3.8) is 0 Å². The van der Waals surface area contributed by atoms with Gasteiger partial charge in [0.15, 0.2) is 0 Å². The molecule has 0 aromatic heterocycles. The average molecular weight is 332 g/mol. The van der Waals surface area contributed by atoms with E-state index in [1.165, 1.54) is 11.1 Å². The number of benzene rings is 3. The molecule has 1 unspecified atom stereocenters. The SMILES string of the molecule is OCCCC(Cc1ccccc1)(c1ccccc1)c1ccc(O)cc1. The monoisotopic (exact) mass is 332 g/mol. The molecule has 25 heavy (non-hydrogen) atoms. The van der Waals surface area contributed by atoms with Crippen LogP contribution in [0, 0.1) is 0 Å². The van der Waals surface area contributed by atoms with Gasteiger partial charge in [-0.2, -0.15) is 0 Å². The van der Waals surface area contributed by atoms with Gasteiger partial charge in [0.2, 0.25) is 0 Å². The Hall–Kier alpha value is -2.58. The van der Waals surface area contributed by atoms with Crippen LogP contribution in [-0.4, -0.2) is 16.8 Å². The molecule has 1 atom stereocenters. The lowest BCUT2D eigenvalue weighted by atomic mass is 9.67. The summed E-state index contributed by atoms with van der Waals surface area (Å²) in [5.41, 5.74) is 3.42. The maximum absolute atomic E-state index is 9.72. The molecule has 128 valence electrons. The average Bonchev–Trinajstić information content (AvgIpc) is 2.67. The van der Waals surface area contributed by atoms with E-state index in [4.69, 9.17) is 0 Å². The van der Waals surface area contributed by atoms with E-state index in [9.17, 15) is 10.2 Å². The Kier molecular flexibility index (Phi) is 5.52. The summed E-state index contributed by atoms with van der Waals surface area (Å²) in [4.78, 5) is 0. The zero-order valence-electron chi connectivity index (χ0n) is 14.3. The molecule has 0 aliphatic rings. The topological polar surface area (TPSA) is 40.5 Å². The van der Waals surface area contributed by atoms with Crippen LogP contribution in [0.15, 0.2) is 84.9 Å². The molecule has 3 aromatic carbocycles. The third-order valence-corrected chi connectivity index (χ3v) is 4.86. The van der Waals surface area contributed by atoms with Crippen molar-refractivity contribution >= 4 is 0 Å². The van der Waals surface area contributed by atoms with E-state index in [0.29, 0.717) is 0 Å². The van der Waals surface area contributed by atoms with Crippen molar-refractivity contribution in [2.24, 2.45) is 0 Å². The van der Waals surface area contributed by atoms with Gasteiger partial charge in [-0.25, -0.2) is 0 Å². The van der Waals surface area contributed by atoms with Crippen molar-refractivity contribution in [1.29, 1.82) is 0 Å². The van der Waals surface area contributed by atoms with Gasteiger partial charge in [-0.15, -0.1) is 0 Å². The summed E-state index contributed by atoms with van der Waals surface area (Å²) >= 11 is 0. The lowest BCUT2D eigenvalue weighted by Gasteiger charge is -2.36. The Labute approximate surface area is 149 Å². The number of aromatic hydroxyl groups is 1. The van der Waals surface area contributed by atoms with Crippen LogP contribution in [0.4, 0.5) is 0 Å². The fraction of sp³-hybridized carbons (Fsp3) is 0.217. The fourth-order valence-corrected chi connectivity index (χ4v) is 3.61. The maximum Gasteiger partial charge on any atom is 0.115 e. The van der Waals surface area contributed by atoms with Crippen molar-refractivity contribution in [3.8, 4) is 5.75 Å². The Morgan fingerprint density at radius 3 is 1.84 bits per heavy atom. The lowest BCUT2D eigenvalue weighted by molar-refractivity contribution is 0.268. The molecular weight excluding hydrogens is 308 g/mol. The second-order valence-electron chi connectivity index (χ2n) is 6.48. The molecule has 0 saturated carbocycles. The Balaban J connectivity index is 2.14. The van der Waals surface area contributed by atoms with Gasteiger partial charge in [0, 0.05) is 12.0 Å². The van der Waals surface area contributed by atoms with E-state index >= 15 is 0 Å². The number of rotatable bonds is 7. The zero-order chi connectivity index (χ0) is 17.5. The Morgan fingerprint density at radius 1 is 0.680 bits per heavy atom. The smallest absolute Gasteiger partial charge is 0.115 e. The molecule has 2 nitrogen and oxygen atoms in total. The highest BCUT2D eigenvalue weighted by molar-refractivity contribution is 5.43. The van der Waals surface area contributed by atoms with E-state index < -0.39 is 0 Å². The standard InChI is InChI=1S/C23H24O2/c24-17-7-16-23(20-10-5-2-6-11-20,18-19-8-3-1-4-9-19)21-12-14-22(25)15-13-21/h1-6,8-15,24-25H,7,16-18H2. The minimum Gasteiger partial charge on any atom is -0.508 e. The van der Waals surface area contributed by atoms with E-state index in [-0.39, 0.29) is 17.8 Å². The summed E-state index contributed by atoms with van der Waals surface area (Å²) in [6.07, 6.45) is 2.42. The quantitative estimate of drug-likeness (QED) is 0.659. The summed E-state index contributed by atoms with van der Waals surface area (Å²) in [6, 6.07) is 28.4. The molecule has 0 spiro atoms. The van der Waals surface area contributed by atoms with Crippen LogP contribution in [0.2, 0.25) is 0 Å². The van der Waals surface area contributed by atoms with Crippen LogP contribution < -0.4 is 0 Å². The van der Waals surface area contributed by atoms with Gasteiger partial charge in [0.25, 0.3) is 0 Å². The highest BCUT2D eigenvalue weighted by Gasteiger charge is 2.34. The van der Waals surface area contributed by atoms with Crippen LogP contribution >= 0.6 is 0 Å². The van der Waals surface area contributed by atoms with Crippen molar-refractivity contribution in [1.82, 2.24) is 0 Å². The molecule has 3 aromatic rings. The summed E-state index contributed by atoms with van der Waals surface area (Å²) in [6.45, 7) is 0.168. The number of hydrogen-bond acceptors (Lipinski definition) is 2. The van der Waals surface area contributed by atoms with Crippen molar-refractivity contribution < 1.29 is 10.2 Å². The van der Waals surface area contributed by atoms with Crippen molar-refractivity contribution in [2.45, 2.75) is 24.7 Å². The Bertz CT molecular complexity index is 766. The second kappa shape index (κ2) is 8.00. The fourth-order valence-electron chi connectivity index (χ4n) is 3.61. The number of aliphatic hydroxyl groups is 1. The third-order valence-electron chi connectivity index (χ3n) is 4.86.